The van der Waals surface area contributed by atoms with E-state index in [1.54, 1.807) is 0 Å². The zero-order chi connectivity index (χ0) is 18.2. The molecule has 0 bridgehead atoms. The largest absolute Gasteiger partial charge is 0.368 e. The maximum atomic E-state index is 11.9. The molecule has 3 amide bonds. The number of carbonyl (C=O) groups excluding carboxylic acids is 3. The first-order valence-corrected chi connectivity index (χ1v) is 9.03. The van der Waals surface area contributed by atoms with E-state index in [-0.39, 0.29) is 23.8 Å². The summed E-state index contributed by atoms with van der Waals surface area (Å²) >= 11 is 0. The molecular weight excluding hydrogens is 306 g/mol. The highest BCUT2D eigenvalue weighted by atomic mass is 16.2. The van der Waals surface area contributed by atoms with Gasteiger partial charge in [-0.15, -0.1) is 0 Å². The second-order valence-corrected chi connectivity index (χ2v) is 8.11. The van der Waals surface area contributed by atoms with Crippen LogP contribution in [0.1, 0.15) is 72.1 Å². The van der Waals surface area contributed by atoms with Gasteiger partial charge in [0.05, 0.1) is 6.54 Å². The van der Waals surface area contributed by atoms with E-state index in [0.717, 1.165) is 19.3 Å². The zero-order valence-corrected chi connectivity index (χ0v) is 15.3. The van der Waals surface area contributed by atoms with Crippen LogP contribution in [0.4, 0.5) is 0 Å². The van der Waals surface area contributed by atoms with Gasteiger partial charge in [-0.25, -0.2) is 0 Å². The van der Waals surface area contributed by atoms with Crippen molar-refractivity contribution in [2.45, 2.75) is 78.2 Å². The third-order valence-electron chi connectivity index (χ3n) is 4.51. The summed E-state index contributed by atoms with van der Waals surface area (Å²) in [5.41, 5.74) is 5.42. The summed E-state index contributed by atoms with van der Waals surface area (Å²) < 4.78 is 0. The molecular formula is C18H33N3O3. The highest BCUT2D eigenvalue weighted by molar-refractivity contribution is 5.89. The maximum absolute atomic E-state index is 11.9. The van der Waals surface area contributed by atoms with Crippen molar-refractivity contribution in [3.05, 3.63) is 0 Å². The lowest BCUT2D eigenvalue weighted by Gasteiger charge is -2.22. The fraction of sp³-hybridized carbons (Fsp3) is 0.833. The first kappa shape index (κ1) is 20.5. The molecule has 0 heterocycles. The number of nitrogens with one attached hydrogen (secondary N) is 2. The fourth-order valence-corrected chi connectivity index (χ4v) is 3.01. The van der Waals surface area contributed by atoms with Crippen LogP contribution in [0.25, 0.3) is 0 Å². The van der Waals surface area contributed by atoms with Gasteiger partial charge in [0.1, 0.15) is 6.04 Å². The van der Waals surface area contributed by atoms with Crippen LogP contribution in [0.2, 0.25) is 0 Å². The second kappa shape index (κ2) is 9.64. The SMILES string of the molecule is CC(C)(C)CC[C@H](NC(=O)CNC(=O)CC1CCCCC1)C(N)=O. The minimum Gasteiger partial charge on any atom is -0.368 e. The Labute approximate surface area is 145 Å². The standard InChI is InChI=1S/C18H33N3O3/c1-18(2,3)10-9-14(17(19)24)21-16(23)12-20-15(22)11-13-7-5-4-6-8-13/h13-14H,4-12H2,1-3H3,(H2,19,24)(H,20,22)(H,21,23)/t14-/m0/s1. The molecule has 1 saturated carbocycles. The van der Waals surface area contributed by atoms with Gasteiger partial charge in [0.25, 0.3) is 0 Å². The third kappa shape index (κ3) is 8.89. The molecule has 1 aliphatic rings. The number of nitrogens with two attached hydrogens (primary N) is 1. The molecule has 138 valence electrons. The van der Waals surface area contributed by atoms with Gasteiger partial charge in [0, 0.05) is 6.42 Å². The van der Waals surface area contributed by atoms with Crippen LogP contribution in [0.15, 0.2) is 0 Å². The Hall–Kier alpha value is -1.59. The van der Waals surface area contributed by atoms with Crippen LogP contribution in [0.3, 0.4) is 0 Å². The average molecular weight is 339 g/mol. The lowest BCUT2D eigenvalue weighted by atomic mass is 9.87. The predicted octanol–water partition coefficient (Wildman–Crippen LogP) is 1.87. The molecule has 24 heavy (non-hydrogen) atoms. The molecule has 0 saturated heterocycles. The molecule has 4 N–H and O–H groups in total. The van der Waals surface area contributed by atoms with Gasteiger partial charge in [0.15, 0.2) is 0 Å². The number of carbonyl (C=O) groups is 3. The van der Waals surface area contributed by atoms with Crippen molar-refractivity contribution in [2.24, 2.45) is 17.1 Å². The Balaban J connectivity index is 2.31. The molecule has 1 aliphatic carbocycles. The summed E-state index contributed by atoms with van der Waals surface area (Å²) in [6.45, 7) is 6.10. The normalized spacial score (nSPS) is 17.1. The molecule has 1 rings (SSSR count). The van der Waals surface area contributed by atoms with E-state index < -0.39 is 11.9 Å². The minimum atomic E-state index is -0.688. The van der Waals surface area contributed by atoms with Crippen molar-refractivity contribution in [3.8, 4) is 0 Å². The van der Waals surface area contributed by atoms with E-state index in [9.17, 15) is 14.4 Å². The van der Waals surface area contributed by atoms with Gasteiger partial charge in [0.2, 0.25) is 17.7 Å². The Morgan fingerprint density at radius 2 is 1.71 bits per heavy atom. The second-order valence-electron chi connectivity index (χ2n) is 8.11. The molecule has 1 fully saturated rings. The summed E-state index contributed by atoms with van der Waals surface area (Å²) in [5.74, 6) is -0.569. The molecule has 1 atom stereocenters. The van der Waals surface area contributed by atoms with Crippen LogP contribution < -0.4 is 16.4 Å². The molecule has 0 spiro atoms. The van der Waals surface area contributed by atoms with Crippen molar-refractivity contribution < 1.29 is 14.4 Å². The Morgan fingerprint density at radius 1 is 1.08 bits per heavy atom. The van der Waals surface area contributed by atoms with Crippen molar-refractivity contribution in [2.75, 3.05) is 6.54 Å². The third-order valence-corrected chi connectivity index (χ3v) is 4.51. The maximum Gasteiger partial charge on any atom is 0.240 e. The number of hydrogen-bond acceptors (Lipinski definition) is 3. The van der Waals surface area contributed by atoms with E-state index in [4.69, 9.17) is 5.73 Å². The van der Waals surface area contributed by atoms with Gasteiger partial charge in [-0.05, 0) is 37.0 Å². The van der Waals surface area contributed by atoms with E-state index in [0.29, 0.717) is 18.8 Å². The molecule has 0 aliphatic heterocycles. The van der Waals surface area contributed by atoms with Crippen molar-refractivity contribution >= 4 is 17.7 Å². The highest BCUT2D eigenvalue weighted by Crippen LogP contribution is 2.26. The van der Waals surface area contributed by atoms with E-state index in [1.165, 1.54) is 19.3 Å². The van der Waals surface area contributed by atoms with Gasteiger partial charge < -0.3 is 16.4 Å². The topological polar surface area (TPSA) is 101 Å². The van der Waals surface area contributed by atoms with Crippen LogP contribution in [-0.2, 0) is 14.4 Å². The quantitative estimate of drug-likeness (QED) is 0.629. The number of amides is 3. The lowest BCUT2D eigenvalue weighted by molar-refractivity contribution is -0.129. The van der Waals surface area contributed by atoms with Crippen molar-refractivity contribution in [1.82, 2.24) is 10.6 Å². The summed E-state index contributed by atoms with van der Waals surface area (Å²) in [4.78, 5) is 35.3. The molecule has 6 nitrogen and oxygen atoms in total. The lowest BCUT2D eigenvalue weighted by Crippen LogP contribution is -2.48. The minimum absolute atomic E-state index is 0.0621. The number of primary amides is 1. The molecule has 0 aromatic rings. The average Bonchev–Trinajstić information content (AvgIpc) is 2.49. The van der Waals surface area contributed by atoms with Gasteiger partial charge in [-0.3, -0.25) is 14.4 Å². The summed E-state index contributed by atoms with van der Waals surface area (Å²) in [7, 11) is 0. The molecule has 0 aromatic heterocycles. The van der Waals surface area contributed by atoms with Gasteiger partial charge >= 0.3 is 0 Å². The zero-order valence-electron chi connectivity index (χ0n) is 15.3. The van der Waals surface area contributed by atoms with E-state index >= 15 is 0 Å². The predicted molar refractivity (Wildman–Crippen MR) is 94.0 cm³/mol. The van der Waals surface area contributed by atoms with Crippen LogP contribution in [0.5, 0.6) is 0 Å². The summed E-state index contributed by atoms with van der Waals surface area (Å²) in [6, 6.07) is -0.688. The molecule has 0 unspecified atom stereocenters. The molecule has 0 aromatic carbocycles. The van der Waals surface area contributed by atoms with Crippen LogP contribution in [-0.4, -0.2) is 30.3 Å². The highest BCUT2D eigenvalue weighted by Gasteiger charge is 2.22. The van der Waals surface area contributed by atoms with E-state index in [2.05, 4.69) is 31.4 Å². The fourth-order valence-electron chi connectivity index (χ4n) is 3.01. The number of rotatable bonds is 8. The smallest absolute Gasteiger partial charge is 0.240 e. The van der Waals surface area contributed by atoms with Gasteiger partial charge in [-0.1, -0.05) is 40.0 Å². The van der Waals surface area contributed by atoms with Crippen molar-refractivity contribution in [1.29, 1.82) is 0 Å². The first-order valence-electron chi connectivity index (χ1n) is 9.03. The van der Waals surface area contributed by atoms with Gasteiger partial charge in [-0.2, -0.15) is 0 Å². The Bertz CT molecular complexity index is 437. The summed E-state index contributed by atoms with van der Waals surface area (Å²) in [6.07, 6.45) is 7.57. The van der Waals surface area contributed by atoms with Crippen LogP contribution in [0, 0.1) is 11.3 Å². The monoisotopic (exact) mass is 339 g/mol. The molecule has 0 radical (unpaired) electrons. The first-order chi connectivity index (χ1) is 11.2. The number of hydrogen-bond donors (Lipinski definition) is 3. The van der Waals surface area contributed by atoms with Crippen LogP contribution >= 0.6 is 0 Å². The van der Waals surface area contributed by atoms with E-state index in [1.807, 2.05) is 0 Å². The summed E-state index contributed by atoms with van der Waals surface area (Å²) in [5, 5.41) is 5.26. The van der Waals surface area contributed by atoms with Crippen molar-refractivity contribution in [3.63, 3.8) is 0 Å². The Morgan fingerprint density at radius 3 is 2.25 bits per heavy atom. The Kier molecular flexibility index (Phi) is 8.22. The molecule has 6 heteroatoms.